The minimum Gasteiger partial charge on any atom is -0.434 e. The van der Waals surface area contributed by atoms with Crippen LogP contribution < -0.4 is 10.3 Å². The van der Waals surface area contributed by atoms with Crippen molar-refractivity contribution in [2.24, 2.45) is 0 Å². The second-order valence-electron chi connectivity index (χ2n) is 7.33. The topological polar surface area (TPSA) is 49.0 Å². The molecule has 2 heterocycles. The highest BCUT2D eigenvalue weighted by molar-refractivity contribution is 6.37. The van der Waals surface area contributed by atoms with Crippen LogP contribution in [0.2, 0.25) is 10.0 Å². The summed E-state index contributed by atoms with van der Waals surface area (Å²) in [6.45, 7) is 5.94. The lowest BCUT2D eigenvalue weighted by Gasteiger charge is -2.17. The molecule has 1 atom stereocenters. The van der Waals surface area contributed by atoms with Gasteiger partial charge in [-0.25, -0.2) is 4.68 Å². The van der Waals surface area contributed by atoms with E-state index in [1.807, 2.05) is 63.2 Å². The van der Waals surface area contributed by atoms with Gasteiger partial charge in [-0.15, -0.1) is 5.10 Å². The smallest absolute Gasteiger partial charge is 0.267 e. The van der Waals surface area contributed by atoms with Crippen LogP contribution >= 0.6 is 23.2 Å². The van der Waals surface area contributed by atoms with Gasteiger partial charge in [-0.1, -0.05) is 53.5 Å². The minimum atomic E-state index is -0.259. The predicted octanol–water partition coefficient (Wildman–Crippen LogP) is 6.36. The summed E-state index contributed by atoms with van der Waals surface area (Å²) in [7, 11) is 0. The van der Waals surface area contributed by atoms with Crippen LogP contribution in [0.3, 0.4) is 0 Å². The van der Waals surface area contributed by atoms with E-state index >= 15 is 0 Å². The summed E-state index contributed by atoms with van der Waals surface area (Å²) in [5.41, 5.74) is 3.73. The third kappa shape index (κ3) is 4.24. The van der Waals surface area contributed by atoms with E-state index in [0.717, 1.165) is 22.6 Å². The standard InChI is InChI=1S/C24H21Cl2N3O2/c1-15-9-10-16(2)28(15)19-13-20(25)24(21(26)14-19)31-22-11-12-23(30)29(27-22)17(3)18-7-5-4-6-8-18/h4-14,17H,1-3H3. The molecule has 5 nitrogen and oxygen atoms in total. The fourth-order valence-corrected chi connectivity index (χ4v) is 4.12. The molecule has 1 unspecified atom stereocenters. The highest BCUT2D eigenvalue weighted by Crippen LogP contribution is 2.38. The fraction of sp³-hybridized carbons (Fsp3) is 0.167. The molecule has 4 aromatic rings. The van der Waals surface area contributed by atoms with Gasteiger partial charge in [0.25, 0.3) is 5.56 Å². The van der Waals surface area contributed by atoms with E-state index in [0.29, 0.717) is 15.8 Å². The molecule has 0 saturated carbocycles. The molecule has 0 fully saturated rings. The molecular weight excluding hydrogens is 433 g/mol. The van der Waals surface area contributed by atoms with Crippen LogP contribution in [-0.4, -0.2) is 14.3 Å². The first kappa shape index (κ1) is 21.2. The molecular formula is C24H21Cl2N3O2. The maximum absolute atomic E-state index is 12.4. The van der Waals surface area contributed by atoms with Gasteiger partial charge in [0.2, 0.25) is 5.88 Å². The second-order valence-corrected chi connectivity index (χ2v) is 8.15. The summed E-state index contributed by atoms with van der Waals surface area (Å²) in [5, 5.41) is 5.09. The number of halogens is 2. The Morgan fingerprint density at radius 1 is 0.903 bits per heavy atom. The molecule has 0 bridgehead atoms. The van der Waals surface area contributed by atoms with Gasteiger partial charge in [0, 0.05) is 29.2 Å². The van der Waals surface area contributed by atoms with Crippen molar-refractivity contribution >= 4 is 23.2 Å². The molecule has 158 valence electrons. The van der Waals surface area contributed by atoms with Crippen LogP contribution in [0.4, 0.5) is 0 Å². The molecule has 0 spiro atoms. The highest BCUT2D eigenvalue weighted by Gasteiger charge is 2.16. The first-order valence-electron chi connectivity index (χ1n) is 9.82. The van der Waals surface area contributed by atoms with Crippen LogP contribution in [0, 0.1) is 13.8 Å². The number of benzene rings is 2. The van der Waals surface area contributed by atoms with Crippen LogP contribution in [0.1, 0.15) is 29.9 Å². The lowest BCUT2D eigenvalue weighted by Crippen LogP contribution is -2.25. The van der Waals surface area contributed by atoms with E-state index in [1.54, 1.807) is 12.1 Å². The fourth-order valence-electron chi connectivity index (χ4n) is 3.57. The Kier molecular flexibility index (Phi) is 5.90. The van der Waals surface area contributed by atoms with E-state index in [-0.39, 0.29) is 17.5 Å². The largest absolute Gasteiger partial charge is 0.434 e. The van der Waals surface area contributed by atoms with Crippen molar-refractivity contribution in [1.29, 1.82) is 0 Å². The van der Waals surface area contributed by atoms with Crippen molar-refractivity contribution in [2.45, 2.75) is 26.8 Å². The van der Waals surface area contributed by atoms with Gasteiger partial charge in [0.1, 0.15) is 0 Å². The lowest BCUT2D eigenvalue weighted by molar-refractivity contribution is 0.419. The number of hydrogen-bond donors (Lipinski definition) is 0. The van der Waals surface area contributed by atoms with Gasteiger partial charge in [-0.3, -0.25) is 4.79 Å². The monoisotopic (exact) mass is 453 g/mol. The normalized spacial score (nSPS) is 12.0. The molecule has 0 aliphatic heterocycles. The van der Waals surface area contributed by atoms with E-state index in [1.165, 1.54) is 16.8 Å². The SMILES string of the molecule is Cc1ccc(C)n1-c1cc(Cl)c(Oc2ccc(=O)n(C(C)c3ccccc3)n2)c(Cl)c1. The number of ether oxygens (including phenoxy) is 1. The highest BCUT2D eigenvalue weighted by atomic mass is 35.5. The minimum absolute atomic E-state index is 0.227. The van der Waals surface area contributed by atoms with E-state index in [4.69, 9.17) is 27.9 Å². The molecule has 0 radical (unpaired) electrons. The zero-order valence-electron chi connectivity index (χ0n) is 17.3. The Labute approximate surface area is 190 Å². The summed E-state index contributed by atoms with van der Waals surface area (Å²) in [4.78, 5) is 12.4. The third-order valence-electron chi connectivity index (χ3n) is 5.17. The van der Waals surface area contributed by atoms with Crippen molar-refractivity contribution in [1.82, 2.24) is 14.3 Å². The van der Waals surface area contributed by atoms with Crippen LogP contribution in [0.15, 0.2) is 71.5 Å². The zero-order valence-corrected chi connectivity index (χ0v) is 18.9. The van der Waals surface area contributed by atoms with Gasteiger partial charge >= 0.3 is 0 Å². The number of nitrogens with zero attached hydrogens (tertiary/aromatic N) is 3. The summed E-state index contributed by atoms with van der Waals surface area (Å²) >= 11 is 13.0. The van der Waals surface area contributed by atoms with Crippen molar-refractivity contribution < 1.29 is 4.74 Å². The summed E-state index contributed by atoms with van der Waals surface area (Å²) in [6, 6.07) is 20.0. The molecule has 2 aromatic heterocycles. The number of rotatable bonds is 5. The molecule has 2 aromatic carbocycles. The molecule has 0 saturated heterocycles. The van der Waals surface area contributed by atoms with Crippen molar-refractivity contribution in [2.75, 3.05) is 0 Å². The van der Waals surface area contributed by atoms with E-state index in [9.17, 15) is 4.79 Å². The maximum Gasteiger partial charge on any atom is 0.267 e. The molecule has 0 aliphatic rings. The predicted molar refractivity (Wildman–Crippen MR) is 124 cm³/mol. The van der Waals surface area contributed by atoms with Crippen LogP contribution in [0.25, 0.3) is 5.69 Å². The Bertz CT molecular complexity index is 1250. The first-order valence-corrected chi connectivity index (χ1v) is 10.6. The van der Waals surface area contributed by atoms with Crippen molar-refractivity contribution in [3.05, 3.63) is 104 Å². The van der Waals surface area contributed by atoms with E-state index in [2.05, 4.69) is 9.67 Å². The van der Waals surface area contributed by atoms with Crippen molar-refractivity contribution in [3.8, 4) is 17.3 Å². The number of aryl methyl sites for hydroxylation is 2. The summed E-state index contributed by atoms with van der Waals surface area (Å²) in [5.74, 6) is 0.520. The average molecular weight is 454 g/mol. The lowest BCUT2D eigenvalue weighted by atomic mass is 10.1. The van der Waals surface area contributed by atoms with Crippen LogP contribution in [-0.2, 0) is 0 Å². The second kappa shape index (κ2) is 8.61. The Morgan fingerprint density at radius 3 is 2.13 bits per heavy atom. The quantitative estimate of drug-likeness (QED) is 0.353. The van der Waals surface area contributed by atoms with Crippen LogP contribution in [0.5, 0.6) is 11.6 Å². The molecule has 0 amide bonds. The Hall–Kier alpha value is -3.02. The van der Waals surface area contributed by atoms with E-state index < -0.39 is 0 Å². The summed E-state index contributed by atoms with van der Waals surface area (Å²) in [6.07, 6.45) is 0. The van der Waals surface area contributed by atoms with Gasteiger partial charge in [0.15, 0.2) is 5.75 Å². The molecule has 7 heteroatoms. The maximum atomic E-state index is 12.4. The molecule has 0 aliphatic carbocycles. The first-order chi connectivity index (χ1) is 14.8. The average Bonchev–Trinajstić information content (AvgIpc) is 3.10. The number of aromatic nitrogens is 3. The number of hydrogen-bond acceptors (Lipinski definition) is 3. The van der Waals surface area contributed by atoms with Gasteiger partial charge in [-0.05, 0) is 50.6 Å². The molecule has 4 rings (SSSR count). The Balaban J connectivity index is 1.68. The third-order valence-corrected chi connectivity index (χ3v) is 5.73. The van der Waals surface area contributed by atoms with Gasteiger partial charge in [-0.2, -0.15) is 0 Å². The van der Waals surface area contributed by atoms with Gasteiger partial charge < -0.3 is 9.30 Å². The Morgan fingerprint density at radius 2 is 1.52 bits per heavy atom. The zero-order chi connectivity index (χ0) is 22.1. The summed E-state index contributed by atoms with van der Waals surface area (Å²) < 4.78 is 9.35. The molecule has 0 N–H and O–H groups in total. The molecule has 31 heavy (non-hydrogen) atoms. The van der Waals surface area contributed by atoms with Crippen molar-refractivity contribution in [3.63, 3.8) is 0 Å². The van der Waals surface area contributed by atoms with Gasteiger partial charge in [0.05, 0.1) is 16.1 Å².